The molecule has 0 saturated heterocycles. The number of anilines is 1. The van der Waals surface area contributed by atoms with E-state index in [4.69, 9.17) is 0 Å². The van der Waals surface area contributed by atoms with Gasteiger partial charge in [0.15, 0.2) is 0 Å². The van der Waals surface area contributed by atoms with Gasteiger partial charge in [-0.15, -0.1) is 0 Å². The molecule has 0 bridgehead atoms. The average Bonchev–Trinajstić information content (AvgIpc) is 2.65. The highest BCUT2D eigenvalue weighted by Gasteiger charge is 2.18. The zero-order valence-electron chi connectivity index (χ0n) is 9.74. The van der Waals surface area contributed by atoms with Gasteiger partial charge in [0, 0.05) is 18.8 Å². The van der Waals surface area contributed by atoms with Gasteiger partial charge >= 0.3 is 0 Å². The summed E-state index contributed by atoms with van der Waals surface area (Å²) >= 11 is 0. The summed E-state index contributed by atoms with van der Waals surface area (Å²) in [6, 6.07) is 0.656. The van der Waals surface area contributed by atoms with Crippen LogP contribution >= 0.6 is 0 Å². The summed E-state index contributed by atoms with van der Waals surface area (Å²) in [5.74, 6) is 0.873. The van der Waals surface area contributed by atoms with Crippen LogP contribution in [0.25, 0.3) is 0 Å². The van der Waals surface area contributed by atoms with E-state index in [0.717, 1.165) is 12.5 Å². The van der Waals surface area contributed by atoms with Gasteiger partial charge in [-0.2, -0.15) is 5.10 Å². The summed E-state index contributed by atoms with van der Waals surface area (Å²) in [5.41, 5.74) is 1.18. The Morgan fingerprint density at radius 2 is 2.40 bits per heavy atom. The largest absolute Gasteiger partial charge is 0.380 e. The SMILES string of the molecule is CCn1cc(N[C@@H]2CCC[C@@H](C)C2)cn1. The monoisotopic (exact) mass is 207 g/mol. The molecule has 1 heterocycles. The number of rotatable bonds is 3. The molecule has 1 fully saturated rings. The highest BCUT2D eigenvalue weighted by atomic mass is 15.3. The molecule has 1 aromatic heterocycles. The molecule has 1 aromatic rings. The Morgan fingerprint density at radius 3 is 3.07 bits per heavy atom. The van der Waals surface area contributed by atoms with Gasteiger partial charge in [-0.05, 0) is 25.7 Å². The van der Waals surface area contributed by atoms with Crippen LogP contribution in [0.1, 0.15) is 39.5 Å². The summed E-state index contributed by atoms with van der Waals surface area (Å²) < 4.78 is 1.97. The lowest BCUT2D eigenvalue weighted by molar-refractivity contribution is 0.358. The number of hydrogen-bond donors (Lipinski definition) is 1. The predicted molar refractivity (Wildman–Crippen MR) is 62.9 cm³/mol. The first-order valence-corrected chi connectivity index (χ1v) is 6.07. The molecule has 0 aromatic carbocycles. The molecule has 3 nitrogen and oxygen atoms in total. The average molecular weight is 207 g/mol. The molecule has 1 aliphatic carbocycles. The number of nitrogens with zero attached hydrogens (tertiary/aromatic N) is 2. The van der Waals surface area contributed by atoms with E-state index in [0.29, 0.717) is 6.04 Å². The summed E-state index contributed by atoms with van der Waals surface area (Å²) in [5, 5.41) is 7.86. The zero-order valence-corrected chi connectivity index (χ0v) is 9.74. The number of hydrogen-bond acceptors (Lipinski definition) is 2. The van der Waals surface area contributed by atoms with E-state index >= 15 is 0 Å². The highest BCUT2D eigenvalue weighted by molar-refractivity contribution is 5.39. The number of aromatic nitrogens is 2. The van der Waals surface area contributed by atoms with Crippen LogP contribution in [0.3, 0.4) is 0 Å². The van der Waals surface area contributed by atoms with Crippen LogP contribution in [0.4, 0.5) is 5.69 Å². The third-order valence-electron chi connectivity index (χ3n) is 3.26. The second-order valence-corrected chi connectivity index (χ2v) is 4.70. The Morgan fingerprint density at radius 1 is 1.53 bits per heavy atom. The lowest BCUT2D eigenvalue weighted by Crippen LogP contribution is -2.25. The minimum absolute atomic E-state index is 0.656. The van der Waals surface area contributed by atoms with E-state index in [2.05, 4.69) is 30.5 Å². The van der Waals surface area contributed by atoms with Crippen LogP contribution in [0.5, 0.6) is 0 Å². The van der Waals surface area contributed by atoms with Crippen molar-refractivity contribution in [2.45, 2.75) is 52.1 Å². The van der Waals surface area contributed by atoms with Gasteiger partial charge in [-0.3, -0.25) is 4.68 Å². The molecule has 0 amide bonds. The van der Waals surface area contributed by atoms with Gasteiger partial charge in [-0.25, -0.2) is 0 Å². The molecular weight excluding hydrogens is 186 g/mol. The van der Waals surface area contributed by atoms with Gasteiger partial charge in [-0.1, -0.05) is 19.8 Å². The molecule has 0 unspecified atom stereocenters. The normalized spacial score (nSPS) is 26.5. The van der Waals surface area contributed by atoms with Crippen molar-refractivity contribution in [1.29, 1.82) is 0 Å². The van der Waals surface area contributed by atoms with E-state index in [1.807, 2.05) is 10.9 Å². The third kappa shape index (κ3) is 2.74. The molecule has 3 heteroatoms. The molecule has 2 atom stereocenters. The van der Waals surface area contributed by atoms with Crippen molar-refractivity contribution >= 4 is 5.69 Å². The highest BCUT2D eigenvalue weighted by Crippen LogP contribution is 2.25. The maximum Gasteiger partial charge on any atom is 0.0728 e. The summed E-state index contributed by atoms with van der Waals surface area (Å²) in [6.07, 6.45) is 9.40. The summed E-state index contributed by atoms with van der Waals surface area (Å²) in [4.78, 5) is 0. The quantitative estimate of drug-likeness (QED) is 0.826. The van der Waals surface area contributed by atoms with Crippen LogP contribution < -0.4 is 5.32 Å². The van der Waals surface area contributed by atoms with Crippen molar-refractivity contribution in [2.75, 3.05) is 5.32 Å². The van der Waals surface area contributed by atoms with E-state index in [1.54, 1.807) is 0 Å². The van der Waals surface area contributed by atoms with Crippen molar-refractivity contribution in [3.63, 3.8) is 0 Å². The molecule has 1 saturated carbocycles. The third-order valence-corrected chi connectivity index (χ3v) is 3.26. The van der Waals surface area contributed by atoms with Crippen LogP contribution in [0.2, 0.25) is 0 Å². The molecule has 0 radical (unpaired) electrons. The molecule has 1 N–H and O–H groups in total. The van der Waals surface area contributed by atoms with Crippen molar-refractivity contribution in [2.24, 2.45) is 5.92 Å². The number of nitrogens with one attached hydrogen (secondary N) is 1. The van der Waals surface area contributed by atoms with E-state index in [1.165, 1.54) is 31.4 Å². The Balaban J connectivity index is 1.90. The molecule has 2 rings (SSSR count). The van der Waals surface area contributed by atoms with Crippen molar-refractivity contribution in [1.82, 2.24) is 9.78 Å². The summed E-state index contributed by atoms with van der Waals surface area (Å²) in [6.45, 7) is 5.41. The van der Waals surface area contributed by atoms with E-state index in [9.17, 15) is 0 Å². The molecule has 1 aliphatic rings. The second-order valence-electron chi connectivity index (χ2n) is 4.70. The van der Waals surface area contributed by atoms with Crippen LogP contribution in [0.15, 0.2) is 12.4 Å². The van der Waals surface area contributed by atoms with Gasteiger partial charge in [0.05, 0.1) is 11.9 Å². The fourth-order valence-corrected chi connectivity index (χ4v) is 2.41. The van der Waals surface area contributed by atoms with Gasteiger partial charge < -0.3 is 5.32 Å². The number of aryl methyl sites for hydroxylation is 1. The van der Waals surface area contributed by atoms with Crippen molar-refractivity contribution < 1.29 is 0 Å². The van der Waals surface area contributed by atoms with Crippen LogP contribution in [-0.4, -0.2) is 15.8 Å². The Labute approximate surface area is 91.9 Å². The minimum Gasteiger partial charge on any atom is -0.380 e. The smallest absolute Gasteiger partial charge is 0.0728 e. The maximum atomic E-state index is 4.27. The van der Waals surface area contributed by atoms with Crippen molar-refractivity contribution in [3.05, 3.63) is 12.4 Å². The fraction of sp³-hybridized carbons (Fsp3) is 0.750. The lowest BCUT2D eigenvalue weighted by Gasteiger charge is -2.27. The molecule has 0 spiro atoms. The molecule has 15 heavy (non-hydrogen) atoms. The standard InChI is InChI=1S/C12H21N3/c1-3-15-9-12(8-13-15)14-11-6-4-5-10(2)7-11/h8-11,14H,3-7H2,1-2H3/t10-,11-/m1/s1. The molecular formula is C12H21N3. The molecule has 84 valence electrons. The zero-order chi connectivity index (χ0) is 10.7. The predicted octanol–water partition coefficient (Wildman–Crippen LogP) is 2.89. The lowest BCUT2D eigenvalue weighted by atomic mass is 9.87. The van der Waals surface area contributed by atoms with Gasteiger partial charge in [0.1, 0.15) is 0 Å². The summed E-state index contributed by atoms with van der Waals surface area (Å²) in [7, 11) is 0. The first-order valence-electron chi connectivity index (χ1n) is 6.07. The van der Waals surface area contributed by atoms with Crippen molar-refractivity contribution in [3.8, 4) is 0 Å². The fourth-order valence-electron chi connectivity index (χ4n) is 2.41. The minimum atomic E-state index is 0.656. The maximum absolute atomic E-state index is 4.27. The molecule has 0 aliphatic heterocycles. The topological polar surface area (TPSA) is 29.9 Å². The van der Waals surface area contributed by atoms with Crippen LogP contribution in [0, 0.1) is 5.92 Å². The Hall–Kier alpha value is -0.990. The first kappa shape index (κ1) is 10.5. The van der Waals surface area contributed by atoms with Crippen LogP contribution in [-0.2, 0) is 6.54 Å². The Bertz CT molecular complexity index is 306. The Kier molecular flexibility index (Phi) is 3.29. The van der Waals surface area contributed by atoms with E-state index < -0.39 is 0 Å². The van der Waals surface area contributed by atoms with Gasteiger partial charge in [0.25, 0.3) is 0 Å². The second kappa shape index (κ2) is 4.69. The first-order chi connectivity index (χ1) is 7.28. The van der Waals surface area contributed by atoms with Gasteiger partial charge in [0.2, 0.25) is 0 Å². The van der Waals surface area contributed by atoms with E-state index in [-0.39, 0.29) is 0 Å².